The molecule has 0 radical (unpaired) electrons. The van der Waals surface area contributed by atoms with Crippen LogP contribution in [0.2, 0.25) is 0 Å². The van der Waals surface area contributed by atoms with Crippen molar-refractivity contribution in [1.29, 1.82) is 5.26 Å². The van der Waals surface area contributed by atoms with E-state index in [9.17, 15) is 29.2 Å². The second kappa shape index (κ2) is 20.2. The van der Waals surface area contributed by atoms with E-state index in [1.807, 2.05) is 43.4 Å². The van der Waals surface area contributed by atoms with Crippen molar-refractivity contribution in [3.05, 3.63) is 99.3 Å². The highest BCUT2D eigenvalue weighted by molar-refractivity contribution is 5.97. The summed E-state index contributed by atoms with van der Waals surface area (Å²) >= 11 is 0. The number of benzene rings is 3. The topological polar surface area (TPSA) is 194 Å². The molecule has 4 heterocycles. The van der Waals surface area contributed by atoms with Crippen molar-refractivity contribution >= 4 is 46.3 Å². The first-order valence-corrected chi connectivity index (χ1v) is 22.3. The van der Waals surface area contributed by atoms with Gasteiger partial charge in [-0.2, -0.15) is 5.26 Å². The maximum absolute atomic E-state index is 11.6. The summed E-state index contributed by atoms with van der Waals surface area (Å²) in [5.74, 6) is 0.0628. The van der Waals surface area contributed by atoms with Crippen molar-refractivity contribution in [2.45, 2.75) is 85.8 Å². The molecule has 4 fully saturated rings. The van der Waals surface area contributed by atoms with Gasteiger partial charge in [-0.05, 0) is 104 Å². The van der Waals surface area contributed by atoms with E-state index < -0.39 is 0 Å². The number of amides is 3. The number of hydrogen-bond donors (Lipinski definition) is 4. The van der Waals surface area contributed by atoms with E-state index in [4.69, 9.17) is 10.5 Å². The summed E-state index contributed by atoms with van der Waals surface area (Å²) in [6.07, 6.45) is 6.19. The van der Waals surface area contributed by atoms with Gasteiger partial charge in [0.2, 0.25) is 23.3 Å². The molecule has 0 unspecified atom stereocenters. The number of fused-ring (bicyclic) bond motifs is 1. The minimum absolute atomic E-state index is 0.100. The second-order valence-corrected chi connectivity index (χ2v) is 19.3. The highest BCUT2D eigenvalue weighted by atomic mass is 16.5. The lowest BCUT2D eigenvalue weighted by molar-refractivity contribution is -0.133. The summed E-state index contributed by atoms with van der Waals surface area (Å²) in [5, 5.41) is 15.3. The third-order valence-electron chi connectivity index (χ3n) is 13.1. The Kier molecular flexibility index (Phi) is 15.0. The summed E-state index contributed by atoms with van der Waals surface area (Å²) in [5.41, 5.74) is 11.4. The summed E-state index contributed by atoms with van der Waals surface area (Å²) < 4.78 is 6.30. The summed E-state index contributed by atoms with van der Waals surface area (Å²) in [6, 6.07) is 22.6. The Hall–Kier alpha value is -6.04. The van der Waals surface area contributed by atoms with E-state index in [1.54, 1.807) is 12.1 Å². The van der Waals surface area contributed by atoms with E-state index >= 15 is 0 Å². The number of aromatic amines is 1. The zero-order valence-electron chi connectivity index (χ0n) is 38.2. The molecule has 14 nitrogen and oxygen atoms in total. The number of nitriles is 1. The zero-order chi connectivity index (χ0) is 46.2. The number of carbonyl (C=O) groups excluding carboxylic acids is 4. The molecule has 5 N–H and O–H groups in total. The molecule has 340 valence electrons. The van der Waals surface area contributed by atoms with E-state index in [0.717, 1.165) is 93.6 Å². The Morgan fingerprint density at radius 3 is 2.03 bits per heavy atom. The number of H-pyrrole nitrogens is 1. The molecule has 3 saturated heterocycles. The van der Waals surface area contributed by atoms with Crippen LogP contribution in [0.25, 0.3) is 10.9 Å². The largest absolute Gasteiger partial charge is 0.489 e. The van der Waals surface area contributed by atoms with Crippen LogP contribution in [0.15, 0.2) is 71.5 Å². The molecular weight excluding hydrogens is 809 g/mol. The number of ether oxygens (including phenoxy) is 1. The Balaban J connectivity index is 0.000000192. The van der Waals surface area contributed by atoms with Crippen molar-refractivity contribution in [1.82, 2.24) is 20.5 Å². The molecule has 0 spiro atoms. The number of nitrogens with zero attached hydrogens (tertiary/aromatic N) is 4. The molecule has 8 rings (SSSR count). The fourth-order valence-corrected chi connectivity index (χ4v) is 10.1. The van der Waals surface area contributed by atoms with E-state index in [2.05, 4.69) is 83.1 Å². The average molecular weight is 873 g/mol. The highest BCUT2D eigenvalue weighted by Gasteiger charge is 2.55. The van der Waals surface area contributed by atoms with Crippen LogP contribution in [0.1, 0.15) is 105 Å². The van der Waals surface area contributed by atoms with Crippen LogP contribution in [0.3, 0.4) is 0 Å². The lowest BCUT2D eigenvalue weighted by Crippen LogP contribution is -2.58. The highest BCUT2D eigenvalue weighted by Crippen LogP contribution is 2.55. The normalized spacial score (nSPS) is 19.1. The molecule has 0 bridgehead atoms. The Morgan fingerprint density at radius 2 is 1.48 bits per heavy atom. The van der Waals surface area contributed by atoms with Gasteiger partial charge in [0.05, 0.1) is 11.1 Å². The van der Waals surface area contributed by atoms with Gasteiger partial charge in [-0.1, -0.05) is 34.6 Å². The molecule has 0 atom stereocenters. The molecule has 4 aliphatic rings. The van der Waals surface area contributed by atoms with Crippen LogP contribution in [0.4, 0.5) is 11.4 Å². The van der Waals surface area contributed by atoms with Gasteiger partial charge in [-0.3, -0.25) is 34.2 Å². The van der Waals surface area contributed by atoms with Crippen LogP contribution >= 0.6 is 0 Å². The summed E-state index contributed by atoms with van der Waals surface area (Å²) in [4.78, 5) is 65.1. The van der Waals surface area contributed by atoms with E-state index in [-0.39, 0.29) is 40.2 Å². The van der Waals surface area contributed by atoms with E-state index in [0.29, 0.717) is 47.9 Å². The quantitative estimate of drug-likeness (QED) is 0.105. The Morgan fingerprint density at radius 1 is 0.859 bits per heavy atom. The predicted molar refractivity (Wildman–Crippen MR) is 251 cm³/mol. The molecule has 3 aromatic carbocycles. The van der Waals surface area contributed by atoms with Crippen molar-refractivity contribution in [3.8, 4) is 11.8 Å². The fourth-order valence-electron chi connectivity index (χ4n) is 10.1. The minimum atomic E-state index is -0.380. The molecule has 3 amide bonds. The number of aromatic nitrogens is 1. The van der Waals surface area contributed by atoms with Gasteiger partial charge in [0.1, 0.15) is 24.2 Å². The van der Waals surface area contributed by atoms with Gasteiger partial charge in [0, 0.05) is 110 Å². The first kappa shape index (κ1) is 47.4. The Bertz CT molecular complexity index is 2390. The molecule has 3 aliphatic heterocycles. The van der Waals surface area contributed by atoms with E-state index in [1.165, 1.54) is 17.4 Å². The lowest BCUT2D eigenvalue weighted by Gasteiger charge is -2.56. The molecule has 4 aromatic rings. The third-order valence-corrected chi connectivity index (χ3v) is 13.1. The number of primary amides is 1. The number of imide groups is 1. The van der Waals surface area contributed by atoms with Crippen LogP contribution in [-0.4, -0.2) is 92.9 Å². The van der Waals surface area contributed by atoms with Crippen molar-refractivity contribution in [2.24, 2.45) is 22.0 Å². The van der Waals surface area contributed by atoms with Gasteiger partial charge in [-0.15, -0.1) is 0 Å². The van der Waals surface area contributed by atoms with Gasteiger partial charge in [0.25, 0.3) is 0 Å². The van der Waals surface area contributed by atoms with Gasteiger partial charge >= 0.3 is 0 Å². The minimum Gasteiger partial charge on any atom is -0.489 e. The standard InChI is InChI=1S/C27H37N5O2.C18H20N2O2.C5H7NO2/c1-27(9-11-31(12-10-27)24-6-3-21(4-7-24)26(28)34)20-30-13-15-32(16-14-30)25-8-5-22(19-33)23(17-25)18-29-2;1-17(2)10-18(3,4)16(17)22-13-7-5-11(9-19)15-12(13)6-8-14(21)20-15;7-4-2-1-3-5(8)6-4/h3-8,17,19,29H,9-16,18,20H2,1-2H3,(H2,28,34);5-8,16H,10H2,1-4H3,(H,20,21);1-3H2,(H,6,7,8). The summed E-state index contributed by atoms with van der Waals surface area (Å²) in [6.45, 7) is 19.3. The number of pyridine rings is 1. The molecule has 1 aliphatic carbocycles. The number of aldehydes is 1. The van der Waals surface area contributed by atoms with Gasteiger partial charge < -0.3 is 30.6 Å². The molecule has 14 heteroatoms. The smallest absolute Gasteiger partial charge is 0.248 e. The SMILES string of the molecule is CC1(C)CC(C)(C)C1Oc1ccc(C#N)c2[nH]c(=O)ccc12.CNCc1cc(N2CCN(CC3(C)CCN(c4ccc(C(N)=O)cc4)CC3)CC2)ccc1C=O.O=C1CCCC(=O)N1. The van der Waals surface area contributed by atoms with Crippen LogP contribution < -0.4 is 36.5 Å². The number of hydrogen-bond acceptors (Lipinski definition) is 11. The monoisotopic (exact) mass is 872 g/mol. The first-order chi connectivity index (χ1) is 30.4. The van der Waals surface area contributed by atoms with Gasteiger partial charge in [-0.25, -0.2) is 0 Å². The molecule has 1 saturated carbocycles. The molecule has 64 heavy (non-hydrogen) atoms. The van der Waals surface area contributed by atoms with Crippen molar-refractivity contribution in [3.63, 3.8) is 0 Å². The third kappa shape index (κ3) is 11.6. The van der Waals surface area contributed by atoms with Crippen LogP contribution in [0, 0.1) is 27.6 Å². The first-order valence-electron chi connectivity index (χ1n) is 22.3. The molecule has 1 aromatic heterocycles. The van der Waals surface area contributed by atoms with Crippen molar-refractivity contribution < 1.29 is 23.9 Å². The zero-order valence-corrected chi connectivity index (χ0v) is 38.2. The lowest BCUT2D eigenvalue weighted by atomic mass is 9.53. The number of nitrogens with two attached hydrogens (primary N) is 1. The Labute approximate surface area is 376 Å². The number of piperazine rings is 1. The number of piperidine rings is 2. The maximum atomic E-state index is 11.6. The number of nitrogens with one attached hydrogen (secondary N) is 3. The number of anilines is 2. The fraction of sp³-hybridized carbons (Fsp3) is 0.480. The number of rotatable bonds is 10. The van der Waals surface area contributed by atoms with Gasteiger partial charge in [0.15, 0.2) is 0 Å². The maximum Gasteiger partial charge on any atom is 0.248 e. The summed E-state index contributed by atoms with van der Waals surface area (Å²) in [7, 11) is 1.91. The second-order valence-electron chi connectivity index (χ2n) is 19.3. The van der Waals surface area contributed by atoms with Crippen LogP contribution in [0.5, 0.6) is 5.75 Å². The van der Waals surface area contributed by atoms with Crippen LogP contribution in [-0.2, 0) is 16.1 Å². The van der Waals surface area contributed by atoms with Crippen molar-refractivity contribution in [2.75, 3.05) is 62.7 Å². The number of carbonyl (C=O) groups is 4. The predicted octanol–water partition coefficient (Wildman–Crippen LogP) is 6.16. The molecular formula is C50H64N8O6. The average Bonchev–Trinajstić information content (AvgIpc) is 3.26.